The molecule has 1 amide bonds. The zero-order valence-electron chi connectivity index (χ0n) is 8.04. The lowest BCUT2D eigenvalue weighted by atomic mass is 9.97. The standard InChI is InChI=1S/C9H17NO2/c1-7-4-5-10(8(2)11)9(6-7)12-3/h7,9H,4-6H2,1-3H3/t7-,9-/m0/s1. The highest BCUT2D eigenvalue weighted by molar-refractivity contribution is 5.73. The summed E-state index contributed by atoms with van der Waals surface area (Å²) < 4.78 is 5.24. The van der Waals surface area contributed by atoms with Gasteiger partial charge in [-0.05, 0) is 18.8 Å². The number of methoxy groups -OCH3 is 1. The Morgan fingerprint density at radius 1 is 1.58 bits per heavy atom. The fourth-order valence-electron chi connectivity index (χ4n) is 1.68. The van der Waals surface area contributed by atoms with E-state index in [0.717, 1.165) is 19.4 Å². The van der Waals surface area contributed by atoms with E-state index in [0.29, 0.717) is 5.92 Å². The molecule has 0 N–H and O–H groups in total. The molecule has 0 radical (unpaired) electrons. The van der Waals surface area contributed by atoms with Crippen molar-refractivity contribution in [2.75, 3.05) is 13.7 Å². The van der Waals surface area contributed by atoms with E-state index in [1.807, 2.05) is 0 Å². The summed E-state index contributed by atoms with van der Waals surface area (Å²) in [5.74, 6) is 0.791. The van der Waals surface area contributed by atoms with Crippen molar-refractivity contribution in [3.05, 3.63) is 0 Å². The molecule has 0 spiro atoms. The van der Waals surface area contributed by atoms with E-state index in [9.17, 15) is 4.79 Å². The summed E-state index contributed by atoms with van der Waals surface area (Å²) >= 11 is 0. The maximum Gasteiger partial charge on any atom is 0.221 e. The predicted molar refractivity (Wildman–Crippen MR) is 46.6 cm³/mol. The van der Waals surface area contributed by atoms with Crippen molar-refractivity contribution in [1.82, 2.24) is 4.90 Å². The number of amides is 1. The Hall–Kier alpha value is -0.570. The average Bonchev–Trinajstić information content (AvgIpc) is 2.03. The topological polar surface area (TPSA) is 29.5 Å². The van der Waals surface area contributed by atoms with Crippen molar-refractivity contribution in [2.24, 2.45) is 5.92 Å². The molecule has 0 bridgehead atoms. The first-order valence-electron chi connectivity index (χ1n) is 4.45. The van der Waals surface area contributed by atoms with Gasteiger partial charge in [0.25, 0.3) is 0 Å². The number of ether oxygens (including phenoxy) is 1. The molecular weight excluding hydrogens is 154 g/mol. The van der Waals surface area contributed by atoms with E-state index < -0.39 is 0 Å². The minimum atomic E-state index is 0.00579. The molecule has 70 valence electrons. The molecule has 0 aromatic carbocycles. The number of carbonyl (C=O) groups is 1. The van der Waals surface area contributed by atoms with Crippen molar-refractivity contribution in [3.63, 3.8) is 0 Å². The minimum absolute atomic E-state index is 0.00579. The average molecular weight is 171 g/mol. The van der Waals surface area contributed by atoms with Gasteiger partial charge in [0.2, 0.25) is 5.91 Å². The van der Waals surface area contributed by atoms with E-state index in [-0.39, 0.29) is 12.1 Å². The van der Waals surface area contributed by atoms with Gasteiger partial charge >= 0.3 is 0 Å². The molecule has 0 aromatic rings. The normalized spacial score (nSPS) is 30.4. The van der Waals surface area contributed by atoms with Gasteiger partial charge in [-0.1, -0.05) is 6.92 Å². The maximum atomic E-state index is 11.1. The summed E-state index contributed by atoms with van der Waals surface area (Å²) in [6, 6.07) is 0. The first-order valence-corrected chi connectivity index (χ1v) is 4.45. The second kappa shape index (κ2) is 3.90. The molecule has 12 heavy (non-hydrogen) atoms. The molecule has 1 rings (SSSR count). The van der Waals surface area contributed by atoms with E-state index >= 15 is 0 Å². The van der Waals surface area contributed by atoms with E-state index in [2.05, 4.69) is 6.92 Å². The molecular formula is C9H17NO2. The zero-order valence-corrected chi connectivity index (χ0v) is 8.04. The zero-order chi connectivity index (χ0) is 9.14. The molecule has 0 aliphatic carbocycles. The Balaban J connectivity index is 2.56. The summed E-state index contributed by atoms with van der Waals surface area (Å²) in [4.78, 5) is 12.9. The molecule has 1 aliphatic rings. The molecule has 1 saturated heterocycles. The van der Waals surface area contributed by atoms with Crippen molar-refractivity contribution in [3.8, 4) is 0 Å². The number of likely N-dealkylation sites (tertiary alicyclic amines) is 1. The largest absolute Gasteiger partial charge is 0.362 e. The van der Waals surface area contributed by atoms with Gasteiger partial charge in [0, 0.05) is 20.6 Å². The lowest BCUT2D eigenvalue weighted by Crippen LogP contribution is -2.45. The number of nitrogens with zero attached hydrogens (tertiary/aromatic N) is 1. The van der Waals surface area contributed by atoms with E-state index in [1.54, 1.807) is 18.9 Å². The van der Waals surface area contributed by atoms with E-state index in [1.165, 1.54) is 0 Å². The Kier molecular flexibility index (Phi) is 3.09. The Bertz CT molecular complexity index is 170. The summed E-state index contributed by atoms with van der Waals surface area (Å²) in [6.45, 7) is 4.64. The Morgan fingerprint density at radius 2 is 2.25 bits per heavy atom. The minimum Gasteiger partial charge on any atom is -0.362 e. The number of rotatable bonds is 1. The summed E-state index contributed by atoms with van der Waals surface area (Å²) in [5.41, 5.74) is 0. The van der Waals surface area contributed by atoms with Crippen molar-refractivity contribution in [1.29, 1.82) is 0 Å². The van der Waals surface area contributed by atoms with Gasteiger partial charge in [0.05, 0.1) is 0 Å². The van der Waals surface area contributed by atoms with Crippen LogP contribution in [-0.2, 0) is 9.53 Å². The lowest BCUT2D eigenvalue weighted by Gasteiger charge is -2.36. The maximum absolute atomic E-state index is 11.1. The van der Waals surface area contributed by atoms with Crippen LogP contribution < -0.4 is 0 Å². The first-order chi connectivity index (χ1) is 5.65. The van der Waals surface area contributed by atoms with E-state index in [4.69, 9.17) is 4.74 Å². The number of hydrogen-bond donors (Lipinski definition) is 0. The molecule has 2 atom stereocenters. The van der Waals surface area contributed by atoms with Crippen molar-refractivity contribution >= 4 is 5.91 Å². The Labute approximate surface area is 73.7 Å². The van der Waals surface area contributed by atoms with Gasteiger partial charge in [-0.15, -0.1) is 0 Å². The number of hydrogen-bond acceptors (Lipinski definition) is 2. The van der Waals surface area contributed by atoms with Gasteiger partial charge in [0.15, 0.2) is 0 Å². The molecule has 3 nitrogen and oxygen atoms in total. The second-order valence-electron chi connectivity index (χ2n) is 3.53. The molecule has 3 heteroatoms. The smallest absolute Gasteiger partial charge is 0.221 e. The van der Waals surface area contributed by atoms with Gasteiger partial charge in [0.1, 0.15) is 6.23 Å². The van der Waals surface area contributed by atoms with Gasteiger partial charge in [-0.2, -0.15) is 0 Å². The molecule has 0 saturated carbocycles. The van der Waals surface area contributed by atoms with Crippen LogP contribution in [0.3, 0.4) is 0 Å². The fourth-order valence-corrected chi connectivity index (χ4v) is 1.68. The number of carbonyl (C=O) groups excluding carboxylic acids is 1. The third kappa shape index (κ3) is 1.97. The van der Waals surface area contributed by atoms with Crippen LogP contribution in [0.15, 0.2) is 0 Å². The lowest BCUT2D eigenvalue weighted by molar-refractivity contribution is -0.147. The number of piperidine rings is 1. The van der Waals surface area contributed by atoms with Crippen LogP contribution in [0.25, 0.3) is 0 Å². The second-order valence-corrected chi connectivity index (χ2v) is 3.53. The molecule has 1 heterocycles. The van der Waals surface area contributed by atoms with Gasteiger partial charge in [-0.3, -0.25) is 4.79 Å². The van der Waals surface area contributed by atoms with Gasteiger partial charge < -0.3 is 9.64 Å². The van der Waals surface area contributed by atoms with Crippen LogP contribution in [0.4, 0.5) is 0 Å². The van der Waals surface area contributed by atoms with Gasteiger partial charge in [-0.25, -0.2) is 0 Å². The molecule has 1 fully saturated rings. The fraction of sp³-hybridized carbons (Fsp3) is 0.889. The Morgan fingerprint density at radius 3 is 2.75 bits per heavy atom. The first kappa shape index (κ1) is 9.52. The quantitative estimate of drug-likeness (QED) is 0.594. The highest BCUT2D eigenvalue weighted by Gasteiger charge is 2.27. The van der Waals surface area contributed by atoms with Crippen LogP contribution >= 0.6 is 0 Å². The van der Waals surface area contributed by atoms with Crippen LogP contribution in [0.1, 0.15) is 26.7 Å². The SMILES string of the molecule is CO[C@H]1C[C@@H](C)CCN1C(C)=O. The van der Waals surface area contributed by atoms with Crippen LogP contribution in [0.5, 0.6) is 0 Å². The highest BCUT2D eigenvalue weighted by atomic mass is 16.5. The summed E-state index contributed by atoms with van der Waals surface area (Å²) in [5, 5.41) is 0. The van der Waals surface area contributed by atoms with Crippen molar-refractivity contribution in [2.45, 2.75) is 32.9 Å². The third-order valence-corrected chi connectivity index (χ3v) is 2.49. The third-order valence-electron chi connectivity index (χ3n) is 2.49. The van der Waals surface area contributed by atoms with Crippen LogP contribution in [-0.4, -0.2) is 30.7 Å². The predicted octanol–water partition coefficient (Wildman–Crippen LogP) is 1.24. The monoisotopic (exact) mass is 171 g/mol. The summed E-state index contributed by atoms with van der Waals surface area (Å²) in [6.07, 6.45) is 2.07. The van der Waals surface area contributed by atoms with Crippen molar-refractivity contribution < 1.29 is 9.53 Å². The van der Waals surface area contributed by atoms with Crippen LogP contribution in [0.2, 0.25) is 0 Å². The van der Waals surface area contributed by atoms with Crippen LogP contribution in [0, 0.1) is 5.92 Å². The highest BCUT2D eigenvalue weighted by Crippen LogP contribution is 2.22. The molecule has 0 unspecified atom stereocenters. The molecule has 0 aromatic heterocycles. The summed E-state index contributed by atoms with van der Waals surface area (Å²) in [7, 11) is 1.67. The molecule has 1 aliphatic heterocycles.